The van der Waals surface area contributed by atoms with Gasteiger partial charge in [0.05, 0.1) is 5.70 Å². The van der Waals surface area contributed by atoms with Crippen LogP contribution in [0, 0.1) is 0 Å². The maximum atomic E-state index is 11.9. The number of Topliss-reactive ketones (excluding diaryl/α,β-unsaturated/α-hetero) is 1. The second-order valence-corrected chi connectivity index (χ2v) is 3.66. The molecule has 0 bridgehead atoms. The lowest BCUT2D eigenvalue weighted by Crippen LogP contribution is -2.29. The molecular formula is C12H9NO4. The van der Waals surface area contributed by atoms with Crippen LogP contribution in [0.4, 0.5) is 0 Å². The zero-order valence-corrected chi connectivity index (χ0v) is 8.98. The van der Waals surface area contributed by atoms with Gasteiger partial charge in [0.15, 0.2) is 5.78 Å². The van der Waals surface area contributed by atoms with Crippen molar-refractivity contribution in [3.63, 3.8) is 0 Å². The van der Waals surface area contributed by atoms with Gasteiger partial charge in [-0.3, -0.25) is 14.4 Å². The number of phenols is 1. The smallest absolute Gasteiger partial charge is 0.221 e. The number of fused-ring (bicyclic) bond motifs is 1. The van der Waals surface area contributed by atoms with Gasteiger partial charge in [-0.2, -0.15) is 0 Å². The number of carbonyl (C=O) groups is 3. The highest BCUT2D eigenvalue weighted by atomic mass is 16.3. The van der Waals surface area contributed by atoms with Crippen molar-refractivity contribution in [1.29, 1.82) is 0 Å². The van der Waals surface area contributed by atoms with Gasteiger partial charge in [-0.05, 0) is 18.2 Å². The number of hydrogen-bond acceptors (Lipinski definition) is 4. The minimum atomic E-state index is -0.435. The molecule has 0 spiro atoms. The van der Waals surface area contributed by atoms with Crippen molar-refractivity contribution in [2.45, 2.75) is 6.92 Å². The number of amides is 1. The summed E-state index contributed by atoms with van der Waals surface area (Å²) >= 11 is 0. The first-order valence-corrected chi connectivity index (χ1v) is 4.90. The minimum Gasteiger partial charge on any atom is -0.508 e. The van der Waals surface area contributed by atoms with Crippen LogP contribution in [-0.2, 0) is 4.79 Å². The van der Waals surface area contributed by atoms with Crippen molar-refractivity contribution in [3.05, 3.63) is 41.1 Å². The van der Waals surface area contributed by atoms with Gasteiger partial charge in [-0.25, -0.2) is 0 Å². The van der Waals surface area contributed by atoms with Gasteiger partial charge < -0.3 is 10.4 Å². The van der Waals surface area contributed by atoms with E-state index >= 15 is 0 Å². The number of benzene rings is 1. The second kappa shape index (κ2) is 3.86. The molecule has 1 aromatic carbocycles. The van der Waals surface area contributed by atoms with E-state index in [4.69, 9.17) is 0 Å². The molecule has 0 unspecified atom stereocenters. The highest BCUT2D eigenvalue weighted by Gasteiger charge is 2.26. The van der Waals surface area contributed by atoms with E-state index in [0.29, 0.717) is 0 Å². The number of nitrogens with one attached hydrogen (secondary N) is 1. The van der Waals surface area contributed by atoms with E-state index in [0.717, 1.165) is 6.08 Å². The molecule has 0 heterocycles. The number of ketones is 2. The Morgan fingerprint density at radius 2 is 1.94 bits per heavy atom. The summed E-state index contributed by atoms with van der Waals surface area (Å²) < 4.78 is 0. The first kappa shape index (κ1) is 11.1. The number of allylic oxidation sites excluding steroid dienone is 2. The van der Waals surface area contributed by atoms with Crippen molar-refractivity contribution in [1.82, 2.24) is 5.32 Å². The zero-order chi connectivity index (χ0) is 12.6. The summed E-state index contributed by atoms with van der Waals surface area (Å²) in [6.07, 6.45) is 1.06. The van der Waals surface area contributed by atoms with Crippen LogP contribution in [0.5, 0.6) is 5.75 Å². The molecular weight excluding hydrogens is 222 g/mol. The van der Waals surface area contributed by atoms with E-state index in [1.54, 1.807) is 0 Å². The summed E-state index contributed by atoms with van der Waals surface area (Å²) in [6.45, 7) is 1.25. The summed E-state index contributed by atoms with van der Waals surface area (Å²) in [7, 11) is 0. The van der Waals surface area contributed by atoms with Crippen LogP contribution >= 0.6 is 0 Å². The molecule has 1 aliphatic rings. The molecule has 0 radical (unpaired) electrons. The van der Waals surface area contributed by atoms with E-state index in [1.807, 2.05) is 0 Å². The van der Waals surface area contributed by atoms with E-state index in [-0.39, 0.29) is 22.6 Å². The molecule has 5 nitrogen and oxygen atoms in total. The quantitative estimate of drug-likeness (QED) is 0.748. The predicted octanol–water partition coefficient (Wildman–Crippen LogP) is 0.791. The number of aromatic hydroxyl groups is 1. The number of phenolic OH excluding ortho intramolecular Hbond substituents is 1. The van der Waals surface area contributed by atoms with Crippen LogP contribution in [0.15, 0.2) is 30.0 Å². The molecule has 0 saturated heterocycles. The van der Waals surface area contributed by atoms with Gasteiger partial charge in [-0.15, -0.1) is 0 Å². The first-order valence-electron chi connectivity index (χ1n) is 4.90. The SMILES string of the molecule is CC(=O)NC1=CC(=O)c2cc(O)ccc2C1=O. The third-order valence-electron chi connectivity index (χ3n) is 2.34. The summed E-state index contributed by atoms with van der Waals surface area (Å²) in [5.41, 5.74) is 0.281. The summed E-state index contributed by atoms with van der Waals surface area (Å²) in [4.78, 5) is 34.5. The topological polar surface area (TPSA) is 83.5 Å². The Bertz CT molecular complexity index is 572. The highest BCUT2D eigenvalue weighted by Crippen LogP contribution is 2.23. The molecule has 0 atom stereocenters. The summed E-state index contributed by atoms with van der Waals surface area (Å²) in [5, 5.41) is 11.6. The van der Waals surface area contributed by atoms with Crippen LogP contribution in [0.25, 0.3) is 0 Å². The average Bonchev–Trinajstić information content (AvgIpc) is 2.25. The fourth-order valence-electron chi connectivity index (χ4n) is 1.64. The lowest BCUT2D eigenvalue weighted by Gasteiger charge is -2.15. The maximum absolute atomic E-state index is 11.9. The molecule has 0 aliphatic heterocycles. The fourth-order valence-corrected chi connectivity index (χ4v) is 1.64. The molecule has 0 saturated carbocycles. The Labute approximate surface area is 96.8 Å². The molecule has 1 aromatic rings. The molecule has 1 aliphatic carbocycles. The largest absolute Gasteiger partial charge is 0.508 e. The molecule has 2 rings (SSSR count). The van der Waals surface area contributed by atoms with Crippen LogP contribution in [0.3, 0.4) is 0 Å². The van der Waals surface area contributed by atoms with E-state index in [2.05, 4.69) is 5.32 Å². The predicted molar refractivity (Wildman–Crippen MR) is 58.7 cm³/mol. The lowest BCUT2D eigenvalue weighted by atomic mass is 9.92. The Balaban J connectivity index is 2.49. The van der Waals surface area contributed by atoms with Crippen LogP contribution in [0.1, 0.15) is 27.6 Å². The molecule has 17 heavy (non-hydrogen) atoms. The van der Waals surface area contributed by atoms with Crippen molar-refractivity contribution in [3.8, 4) is 5.75 Å². The molecule has 1 amide bonds. The van der Waals surface area contributed by atoms with Crippen LogP contribution < -0.4 is 5.32 Å². The molecule has 5 heteroatoms. The van der Waals surface area contributed by atoms with Crippen molar-refractivity contribution < 1.29 is 19.5 Å². The monoisotopic (exact) mass is 231 g/mol. The van der Waals surface area contributed by atoms with Gasteiger partial charge in [0, 0.05) is 24.1 Å². The number of hydrogen-bond donors (Lipinski definition) is 2. The molecule has 0 aromatic heterocycles. The van der Waals surface area contributed by atoms with Crippen molar-refractivity contribution in [2.75, 3.05) is 0 Å². The van der Waals surface area contributed by atoms with Gasteiger partial charge >= 0.3 is 0 Å². The third-order valence-corrected chi connectivity index (χ3v) is 2.34. The summed E-state index contributed by atoms with van der Waals surface area (Å²) in [5.74, 6) is -1.35. The first-order chi connectivity index (χ1) is 7.99. The summed E-state index contributed by atoms with van der Waals surface area (Å²) in [6, 6.07) is 3.91. The van der Waals surface area contributed by atoms with Crippen LogP contribution in [0.2, 0.25) is 0 Å². The molecule has 0 fully saturated rings. The Morgan fingerprint density at radius 3 is 2.59 bits per heavy atom. The molecule has 2 N–H and O–H groups in total. The third kappa shape index (κ3) is 1.94. The molecule has 86 valence electrons. The second-order valence-electron chi connectivity index (χ2n) is 3.66. The number of carbonyl (C=O) groups excluding carboxylic acids is 3. The van der Waals surface area contributed by atoms with E-state index in [1.165, 1.54) is 25.1 Å². The Morgan fingerprint density at radius 1 is 1.24 bits per heavy atom. The fraction of sp³-hybridized carbons (Fsp3) is 0.0833. The van der Waals surface area contributed by atoms with E-state index < -0.39 is 17.5 Å². The van der Waals surface area contributed by atoms with Gasteiger partial charge in [0.1, 0.15) is 5.75 Å². The van der Waals surface area contributed by atoms with E-state index in [9.17, 15) is 19.5 Å². The average molecular weight is 231 g/mol. The maximum Gasteiger partial charge on any atom is 0.221 e. The Kier molecular flexibility index (Phi) is 2.51. The van der Waals surface area contributed by atoms with Crippen molar-refractivity contribution >= 4 is 17.5 Å². The van der Waals surface area contributed by atoms with Gasteiger partial charge in [0.25, 0.3) is 0 Å². The normalized spacial score (nSPS) is 14.1. The number of rotatable bonds is 1. The lowest BCUT2D eigenvalue weighted by molar-refractivity contribution is -0.118. The van der Waals surface area contributed by atoms with Crippen molar-refractivity contribution in [2.24, 2.45) is 0 Å². The Hall–Kier alpha value is -2.43. The van der Waals surface area contributed by atoms with Gasteiger partial charge in [-0.1, -0.05) is 0 Å². The zero-order valence-electron chi connectivity index (χ0n) is 8.98. The van der Waals surface area contributed by atoms with Crippen LogP contribution in [-0.4, -0.2) is 22.6 Å². The standard InChI is InChI=1S/C12H9NO4/c1-6(14)13-10-5-11(16)9-4-7(15)2-3-8(9)12(10)17/h2-5,15H,1H3,(H,13,14). The highest BCUT2D eigenvalue weighted by molar-refractivity contribution is 6.25. The minimum absolute atomic E-state index is 0.0410. The van der Waals surface area contributed by atoms with Gasteiger partial charge in [0.2, 0.25) is 11.7 Å².